The second-order valence-electron chi connectivity index (χ2n) is 9.13. The van der Waals surface area contributed by atoms with Crippen LogP contribution in [0.4, 0.5) is 0 Å². The van der Waals surface area contributed by atoms with Gasteiger partial charge in [-0.15, -0.1) is 6.54 Å². The summed E-state index contributed by atoms with van der Waals surface area (Å²) >= 11 is 0. The van der Waals surface area contributed by atoms with Gasteiger partial charge in [-0.25, -0.2) is 0 Å². The summed E-state index contributed by atoms with van der Waals surface area (Å²) < 4.78 is 0. The van der Waals surface area contributed by atoms with Crippen molar-refractivity contribution in [2.75, 3.05) is 5.90 Å². The van der Waals surface area contributed by atoms with Gasteiger partial charge < -0.3 is 15.9 Å². The van der Waals surface area contributed by atoms with Gasteiger partial charge in [-0.1, -0.05) is 78.9 Å². The first kappa shape index (κ1) is 38.4. The van der Waals surface area contributed by atoms with Crippen LogP contribution in [0.5, 0.6) is 0 Å². The van der Waals surface area contributed by atoms with Crippen LogP contribution < -0.4 is 21.2 Å². The monoisotopic (exact) mass is 715 g/mol. The van der Waals surface area contributed by atoms with E-state index < -0.39 is 27.8 Å². The molecule has 5 aromatic rings. The predicted octanol–water partition coefficient (Wildman–Crippen LogP) is 6.49. The van der Waals surface area contributed by atoms with Crippen LogP contribution in [0.25, 0.3) is 5.73 Å². The van der Waals surface area contributed by atoms with Gasteiger partial charge in [0.25, 0.3) is 11.9 Å². The van der Waals surface area contributed by atoms with E-state index >= 15 is 0 Å². The van der Waals surface area contributed by atoms with Crippen molar-refractivity contribution < 1.29 is 39.3 Å². The van der Waals surface area contributed by atoms with Crippen LogP contribution in [0.15, 0.2) is 146 Å². The summed E-state index contributed by atoms with van der Waals surface area (Å²) in [5.74, 6) is -0.419. The fourth-order valence-corrected chi connectivity index (χ4v) is 11.7. The third-order valence-corrected chi connectivity index (χ3v) is 12.7. The molecule has 4 aromatic carbocycles. The Morgan fingerprint density at radius 2 is 0.841 bits per heavy atom. The number of nitrogens with one attached hydrogen (secondary N) is 1. The number of carbonyl (C=O) groups is 2. The van der Waals surface area contributed by atoms with E-state index in [0.29, 0.717) is 0 Å². The van der Waals surface area contributed by atoms with E-state index in [1.807, 2.05) is 18.2 Å². The minimum atomic E-state index is -0.847. The molecule has 0 atom stereocenters. The van der Waals surface area contributed by atoms with Crippen molar-refractivity contribution >= 4 is 49.0 Å². The van der Waals surface area contributed by atoms with Gasteiger partial charge in [0, 0.05) is 25.7 Å². The molecular weight excluding hydrogens is 675 g/mol. The van der Waals surface area contributed by atoms with Crippen molar-refractivity contribution in [1.82, 2.24) is 4.98 Å². The Balaban J connectivity index is 0.000000470. The standard InChI is InChI=1S/C25H22P2.C6H7N2.2C2H4O2.Ru/c1-5-13-22(14-6-1)26(23-15-7-2-8-16-23)21-27(24-17-9-3-10-18-24)25-19-11-4-12-20-25;7-5-6-3-1-2-4-8-6;2*1-2(3)4;/h1-20H,21H2;1-4,7H,5H2;2*1H3,(H,3,4);/q;-1;;;+1/p+2. The number of aromatic nitrogens is 1. The summed E-state index contributed by atoms with van der Waals surface area (Å²) in [7, 11) is -1.69. The van der Waals surface area contributed by atoms with E-state index in [9.17, 15) is 0 Å². The predicted molar refractivity (Wildman–Crippen MR) is 185 cm³/mol. The second-order valence-corrected chi connectivity index (χ2v) is 14.8. The first-order valence-electron chi connectivity index (χ1n) is 13.7. The fraction of sp³-hybridized carbons (Fsp3) is 0.114. The van der Waals surface area contributed by atoms with Crippen molar-refractivity contribution in [2.24, 2.45) is 0 Å². The molecule has 44 heavy (non-hydrogen) atoms. The van der Waals surface area contributed by atoms with Crippen LogP contribution in [0, 0.1) is 0 Å². The molecule has 1 radical (unpaired) electrons. The average Bonchev–Trinajstić information content (AvgIpc) is 3.03. The number of nitrogens with zero attached hydrogens (tertiary/aromatic N) is 1. The maximum Gasteiger partial charge on any atom is 1.00 e. The number of benzene rings is 4. The Bertz CT molecular complexity index is 1270. The molecule has 0 aliphatic carbocycles. The molecule has 3 N–H and O–H groups in total. The van der Waals surface area contributed by atoms with E-state index in [2.05, 4.69) is 126 Å². The van der Waals surface area contributed by atoms with Gasteiger partial charge in [0.2, 0.25) is 0 Å². The first-order valence-corrected chi connectivity index (χ1v) is 17.1. The summed E-state index contributed by atoms with van der Waals surface area (Å²) in [6.07, 6.45) is 1.70. The molecule has 6 nitrogen and oxygen atoms in total. The summed E-state index contributed by atoms with van der Waals surface area (Å²) in [6.45, 7) is 2.45. The van der Waals surface area contributed by atoms with Gasteiger partial charge in [0.05, 0.1) is 0 Å². The molecule has 0 saturated carbocycles. The van der Waals surface area contributed by atoms with Crippen LogP contribution in [0.3, 0.4) is 0 Å². The SMILES string of the molecule is CC(=O)O.CC(=O)O.[NH-]Cc1ccccn1.[Ru+].c1ccc([PH+](C[PH+](c2ccccc2)c2ccccc2)c2ccccc2)cc1. The normalized spacial score (nSPS) is 9.57. The molecule has 0 unspecified atom stereocenters. The molecule has 5 rings (SSSR count). The molecule has 0 bridgehead atoms. The molecule has 229 valence electrons. The van der Waals surface area contributed by atoms with E-state index in [1.54, 1.807) is 6.20 Å². The molecule has 0 aliphatic heterocycles. The summed E-state index contributed by atoms with van der Waals surface area (Å²) in [4.78, 5) is 21.9. The molecule has 0 aliphatic rings. The number of rotatable bonds is 7. The van der Waals surface area contributed by atoms with Crippen LogP contribution in [-0.2, 0) is 35.6 Å². The molecule has 0 spiro atoms. The van der Waals surface area contributed by atoms with Crippen LogP contribution >= 0.6 is 15.8 Å². The Kier molecular flexibility index (Phi) is 20.0. The van der Waals surface area contributed by atoms with Crippen molar-refractivity contribution in [3.8, 4) is 0 Å². The van der Waals surface area contributed by atoms with Gasteiger partial charge in [0.1, 0.15) is 37.1 Å². The maximum atomic E-state index is 9.00. The molecule has 0 saturated heterocycles. The Labute approximate surface area is 275 Å². The zero-order chi connectivity index (χ0) is 31.3. The first-order chi connectivity index (χ1) is 20.8. The van der Waals surface area contributed by atoms with E-state index in [1.165, 1.54) is 27.1 Å². The van der Waals surface area contributed by atoms with Gasteiger partial charge in [-0.3, -0.25) is 14.6 Å². The minimum absolute atomic E-state index is 0. The molecule has 0 amide bonds. The summed E-state index contributed by atoms with van der Waals surface area (Å²) in [5, 5.41) is 20.8. The van der Waals surface area contributed by atoms with Gasteiger partial charge in [0.15, 0.2) is 5.90 Å². The van der Waals surface area contributed by atoms with Crippen LogP contribution in [0.1, 0.15) is 19.5 Å². The molecule has 1 aromatic heterocycles. The molecule has 9 heteroatoms. The van der Waals surface area contributed by atoms with Crippen LogP contribution in [0.2, 0.25) is 0 Å². The van der Waals surface area contributed by atoms with E-state index in [4.69, 9.17) is 25.5 Å². The average molecular weight is 715 g/mol. The van der Waals surface area contributed by atoms with Crippen molar-refractivity contribution in [1.29, 1.82) is 0 Å². The van der Waals surface area contributed by atoms with Crippen molar-refractivity contribution in [3.05, 3.63) is 157 Å². The number of pyridine rings is 1. The number of carboxylic acid groups (broad SMARTS) is 2. The molecular formula is C35H39N2O4P2Ru+2. The van der Waals surface area contributed by atoms with E-state index in [0.717, 1.165) is 19.5 Å². The third-order valence-electron chi connectivity index (χ3n) is 5.75. The van der Waals surface area contributed by atoms with Gasteiger partial charge >= 0.3 is 19.5 Å². The van der Waals surface area contributed by atoms with Gasteiger partial charge in [-0.2, -0.15) is 0 Å². The van der Waals surface area contributed by atoms with Crippen molar-refractivity contribution in [3.63, 3.8) is 0 Å². The largest absolute Gasteiger partial charge is 1.00 e. The minimum Gasteiger partial charge on any atom is -0.672 e. The second kappa shape index (κ2) is 22.9. The number of hydrogen-bond donors (Lipinski definition) is 2. The quantitative estimate of drug-likeness (QED) is 0.148. The van der Waals surface area contributed by atoms with Crippen molar-refractivity contribution in [2.45, 2.75) is 20.4 Å². The summed E-state index contributed by atoms with van der Waals surface area (Å²) in [6, 6.07) is 50.0. The Morgan fingerprint density at radius 3 is 1.05 bits per heavy atom. The third kappa shape index (κ3) is 15.8. The Hall–Kier alpha value is -3.59. The number of aliphatic carboxylic acids is 2. The maximum absolute atomic E-state index is 9.00. The number of carboxylic acids is 2. The van der Waals surface area contributed by atoms with Gasteiger partial charge in [-0.05, 0) is 60.7 Å². The Morgan fingerprint density at radius 1 is 0.568 bits per heavy atom. The smallest absolute Gasteiger partial charge is 0.672 e. The zero-order valence-electron chi connectivity index (χ0n) is 24.8. The van der Waals surface area contributed by atoms with Crippen LogP contribution in [-0.4, -0.2) is 33.0 Å². The molecule has 1 heterocycles. The zero-order valence-corrected chi connectivity index (χ0v) is 28.5. The number of hydrogen-bond acceptors (Lipinski definition) is 3. The fourth-order valence-electron chi connectivity index (χ4n) is 3.98. The topological polar surface area (TPSA) is 111 Å². The summed E-state index contributed by atoms with van der Waals surface area (Å²) in [5.41, 5.74) is 7.71. The van der Waals surface area contributed by atoms with E-state index in [-0.39, 0.29) is 26.0 Å². The molecule has 0 fully saturated rings.